The zero-order valence-electron chi connectivity index (χ0n) is 11.5. The highest BCUT2D eigenvalue weighted by Gasteiger charge is 2.09. The zero-order chi connectivity index (χ0) is 14.2. The Morgan fingerprint density at radius 2 is 1.60 bits per heavy atom. The van der Waals surface area contributed by atoms with Crippen molar-refractivity contribution in [2.45, 2.75) is 19.6 Å². The molecule has 0 N–H and O–H groups in total. The van der Waals surface area contributed by atoms with Crippen LogP contribution in [0.15, 0.2) is 60.7 Å². The number of carbonyl (C=O) groups is 1. The van der Waals surface area contributed by atoms with Gasteiger partial charge in [-0.3, -0.25) is 0 Å². The van der Waals surface area contributed by atoms with E-state index < -0.39 is 0 Å². The maximum Gasteiger partial charge on any atom is 0.332 e. The summed E-state index contributed by atoms with van der Waals surface area (Å²) in [5.74, 6) is -0.350. The van der Waals surface area contributed by atoms with Gasteiger partial charge in [0.2, 0.25) is 0 Å². The quantitative estimate of drug-likeness (QED) is 0.753. The first-order valence-corrected chi connectivity index (χ1v) is 6.62. The van der Waals surface area contributed by atoms with Gasteiger partial charge in [0, 0.05) is 0 Å². The van der Waals surface area contributed by atoms with E-state index >= 15 is 0 Å². The minimum atomic E-state index is -0.350. The minimum absolute atomic E-state index is 0.0388. The molecule has 0 bridgehead atoms. The van der Waals surface area contributed by atoms with Crippen molar-refractivity contribution < 1.29 is 14.3 Å². The van der Waals surface area contributed by atoms with Crippen LogP contribution in [-0.2, 0) is 20.9 Å². The molecule has 2 rings (SSSR count). The molecule has 0 saturated carbocycles. The topological polar surface area (TPSA) is 35.5 Å². The van der Waals surface area contributed by atoms with Gasteiger partial charge < -0.3 is 9.47 Å². The molecule has 20 heavy (non-hydrogen) atoms. The fraction of sp³-hybridized carbons (Fsp3) is 0.235. The van der Waals surface area contributed by atoms with Crippen LogP contribution in [0.25, 0.3) is 0 Å². The minimum Gasteiger partial charge on any atom is -0.459 e. The third-order valence-electron chi connectivity index (χ3n) is 2.96. The number of benzene rings is 2. The first-order chi connectivity index (χ1) is 9.75. The van der Waals surface area contributed by atoms with Crippen molar-refractivity contribution in [1.82, 2.24) is 0 Å². The average molecular weight is 270 g/mol. The second kappa shape index (κ2) is 7.46. The van der Waals surface area contributed by atoms with Crippen molar-refractivity contribution in [2.75, 3.05) is 6.61 Å². The van der Waals surface area contributed by atoms with Crippen LogP contribution in [-0.4, -0.2) is 12.6 Å². The molecule has 104 valence electrons. The van der Waals surface area contributed by atoms with Crippen LogP contribution in [0.5, 0.6) is 0 Å². The van der Waals surface area contributed by atoms with Gasteiger partial charge in [-0.25, -0.2) is 4.79 Å². The normalized spacial score (nSPS) is 11.8. The van der Waals surface area contributed by atoms with Crippen LogP contribution in [0.3, 0.4) is 0 Å². The second-order valence-corrected chi connectivity index (χ2v) is 4.51. The van der Waals surface area contributed by atoms with Crippen LogP contribution in [0.4, 0.5) is 0 Å². The van der Waals surface area contributed by atoms with Crippen molar-refractivity contribution in [3.8, 4) is 0 Å². The number of esters is 1. The summed E-state index contributed by atoms with van der Waals surface area (Å²) in [4.78, 5) is 11.6. The number of carbonyl (C=O) groups excluding carboxylic acids is 1. The number of hydrogen-bond donors (Lipinski definition) is 0. The SMILES string of the molecule is CC(OCC(=O)OCc1ccccc1)c1ccccc1. The Bertz CT molecular complexity index is 522. The lowest BCUT2D eigenvalue weighted by Crippen LogP contribution is -2.14. The molecule has 0 aliphatic rings. The van der Waals surface area contributed by atoms with Gasteiger partial charge in [-0.1, -0.05) is 60.7 Å². The van der Waals surface area contributed by atoms with E-state index in [2.05, 4.69) is 0 Å². The predicted octanol–water partition coefficient (Wildman–Crippen LogP) is 3.51. The van der Waals surface area contributed by atoms with Gasteiger partial charge in [0.25, 0.3) is 0 Å². The maximum absolute atomic E-state index is 11.6. The zero-order valence-corrected chi connectivity index (χ0v) is 11.5. The maximum atomic E-state index is 11.6. The van der Waals surface area contributed by atoms with Crippen LogP contribution in [0, 0.1) is 0 Å². The first kappa shape index (κ1) is 14.3. The van der Waals surface area contributed by atoms with E-state index in [0.717, 1.165) is 11.1 Å². The summed E-state index contributed by atoms with van der Waals surface area (Å²) in [5.41, 5.74) is 2.01. The smallest absolute Gasteiger partial charge is 0.332 e. The van der Waals surface area contributed by atoms with Crippen LogP contribution in [0.2, 0.25) is 0 Å². The highest BCUT2D eigenvalue weighted by Crippen LogP contribution is 2.15. The van der Waals surface area contributed by atoms with Crippen LogP contribution >= 0.6 is 0 Å². The largest absolute Gasteiger partial charge is 0.459 e. The lowest BCUT2D eigenvalue weighted by molar-refractivity contribution is -0.152. The highest BCUT2D eigenvalue weighted by atomic mass is 16.6. The summed E-state index contributed by atoms with van der Waals surface area (Å²) in [7, 11) is 0. The molecule has 0 saturated heterocycles. The molecule has 0 aromatic heterocycles. The Labute approximate surface area is 119 Å². The third kappa shape index (κ3) is 4.52. The summed E-state index contributed by atoms with van der Waals surface area (Å²) in [6, 6.07) is 19.4. The molecule has 0 amide bonds. The molecule has 1 atom stereocenters. The van der Waals surface area contributed by atoms with E-state index in [9.17, 15) is 4.79 Å². The summed E-state index contributed by atoms with van der Waals surface area (Å²) in [5, 5.41) is 0. The molecule has 0 aliphatic carbocycles. The van der Waals surface area contributed by atoms with E-state index in [1.54, 1.807) is 0 Å². The summed E-state index contributed by atoms with van der Waals surface area (Å²) < 4.78 is 10.7. The Balaban J connectivity index is 1.73. The fourth-order valence-corrected chi connectivity index (χ4v) is 1.79. The van der Waals surface area contributed by atoms with E-state index in [4.69, 9.17) is 9.47 Å². The van der Waals surface area contributed by atoms with Crippen molar-refractivity contribution >= 4 is 5.97 Å². The van der Waals surface area contributed by atoms with Gasteiger partial charge in [0.15, 0.2) is 0 Å². The molecule has 3 heteroatoms. The van der Waals surface area contributed by atoms with E-state index in [1.807, 2.05) is 67.6 Å². The average Bonchev–Trinajstić information content (AvgIpc) is 2.52. The molecule has 0 heterocycles. The van der Waals surface area contributed by atoms with Crippen LogP contribution in [0.1, 0.15) is 24.2 Å². The predicted molar refractivity (Wildman–Crippen MR) is 77.0 cm³/mol. The number of ether oxygens (including phenoxy) is 2. The van der Waals surface area contributed by atoms with Crippen molar-refractivity contribution in [1.29, 1.82) is 0 Å². The van der Waals surface area contributed by atoms with Gasteiger partial charge in [0.05, 0.1) is 6.10 Å². The van der Waals surface area contributed by atoms with Crippen LogP contribution < -0.4 is 0 Å². The summed E-state index contributed by atoms with van der Waals surface area (Å²) in [6.45, 7) is 2.16. The Morgan fingerprint density at radius 3 is 2.25 bits per heavy atom. The van der Waals surface area contributed by atoms with Gasteiger partial charge in [-0.05, 0) is 18.1 Å². The molecule has 0 radical (unpaired) electrons. The molecule has 1 unspecified atom stereocenters. The molecule has 2 aromatic carbocycles. The first-order valence-electron chi connectivity index (χ1n) is 6.62. The van der Waals surface area contributed by atoms with Gasteiger partial charge in [-0.2, -0.15) is 0 Å². The van der Waals surface area contributed by atoms with Crippen molar-refractivity contribution in [3.63, 3.8) is 0 Å². The third-order valence-corrected chi connectivity index (χ3v) is 2.96. The molecule has 2 aromatic rings. The lowest BCUT2D eigenvalue weighted by atomic mass is 10.1. The summed E-state index contributed by atoms with van der Waals surface area (Å²) in [6.07, 6.45) is -0.125. The molecule has 3 nitrogen and oxygen atoms in total. The Kier molecular flexibility index (Phi) is 5.33. The highest BCUT2D eigenvalue weighted by molar-refractivity contribution is 5.70. The van der Waals surface area contributed by atoms with Crippen molar-refractivity contribution in [3.05, 3.63) is 71.8 Å². The number of hydrogen-bond acceptors (Lipinski definition) is 3. The lowest BCUT2D eigenvalue weighted by Gasteiger charge is -2.13. The molecule has 0 fully saturated rings. The van der Waals surface area contributed by atoms with E-state index in [1.165, 1.54) is 0 Å². The molecule has 0 spiro atoms. The molecular formula is C17H18O3. The van der Waals surface area contributed by atoms with Crippen molar-refractivity contribution in [2.24, 2.45) is 0 Å². The van der Waals surface area contributed by atoms with E-state index in [-0.39, 0.29) is 25.3 Å². The van der Waals surface area contributed by atoms with Gasteiger partial charge >= 0.3 is 5.97 Å². The Hall–Kier alpha value is -2.13. The summed E-state index contributed by atoms with van der Waals surface area (Å²) >= 11 is 0. The molecule has 0 aliphatic heterocycles. The number of rotatable bonds is 6. The standard InChI is InChI=1S/C17H18O3/c1-14(16-10-6-3-7-11-16)19-13-17(18)20-12-15-8-4-2-5-9-15/h2-11,14H,12-13H2,1H3. The fourth-order valence-electron chi connectivity index (χ4n) is 1.79. The molecular weight excluding hydrogens is 252 g/mol. The second-order valence-electron chi connectivity index (χ2n) is 4.51. The Morgan fingerprint density at radius 1 is 1.00 bits per heavy atom. The monoisotopic (exact) mass is 270 g/mol. The van der Waals surface area contributed by atoms with Gasteiger partial charge in [0.1, 0.15) is 13.2 Å². The van der Waals surface area contributed by atoms with E-state index in [0.29, 0.717) is 0 Å². The van der Waals surface area contributed by atoms with Gasteiger partial charge in [-0.15, -0.1) is 0 Å².